The molecule has 346 valence electrons. The Balaban J connectivity index is 0.997. The topological polar surface area (TPSA) is 31.4 Å². The molecule has 17 rings (SSSR count). The van der Waals surface area contributed by atoms with E-state index in [2.05, 4.69) is 268 Å². The molecule has 6 aliphatic heterocycles. The molecule has 6 nitrogen and oxygen atoms in total. The van der Waals surface area contributed by atoms with Crippen molar-refractivity contribution < 1.29 is 9.47 Å². The molecule has 0 radical (unpaired) electrons. The van der Waals surface area contributed by atoms with Gasteiger partial charge in [0, 0.05) is 73.7 Å². The van der Waals surface area contributed by atoms with Gasteiger partial charge in [-0.15, -0.1) is 0 Å². The van der Waals surface area contributed by atoms with Crippen LogP contribution in [0.3, 0.4) is 0 Å². The fourth-order valence-corrected chi connectivity index (χ4v) is 13.7. The van der Waals surface area contributed by atoms with E-state index in [1.165, 1.54) is 44.4 Å². The predicted molar refractivity (Wildman–Crippen MR) is 312 cm³/mol. The summed E-state index contributed by atoms with van der Waals surface area (Å²) in [7, 11) is 0. The second kappa shape index (κ2) is 15.5. The van der Waals surface area contributed by atoms with Gasteiger partial charge in [0.25, 0.3) is 20.1 Å². The first kappa shape index (κ1) is 40.9. The summed E-state index contributed by atoms with van der Waals surface area (Å²) in [6.45, 7) is -0.406. The second-order valence-electron chi connectivity index (χ2n) is 20.3. The maximum absolute atomic E-state index is 7.53. The van der Waals surface area contributed by atoms with Crippen LogP contribution in [0.5, 0.6) is 23.0 Å². The molecule has 6 heterocycles. The maximum atomic E-state index is 7.53. The van der Waals surface area contributed by atoms with E-state index >= 15 is 0 Å². The number of nitrogens with zero attached hydrogens (tertiary/aromatic N) is 4. The first-order chi connectivity index (χ1) is 37.3. The summed E-state index contributed by atoms with van der Waals surface area (Å²) in [6.07, 6.45) is 0. The molecule has 0 amide bonds. The highest BCUT2D eigenvalue weighted by Gasteiger charge is 2.51. The number of hydrogen-bond acceptors (Lipinski definition) is 6. The van der Waals surface area contributed by atoms with Crippen molar-refractivity contribution in [1.82, 2.24) is 0 Å². The van der Waals surface area contributed by atoms with Gasteiger partial charge in [0.05, 0.1) is 0 Å². The molecule has 0 fully saturated rings. The van der Waals surface area contributed by atoms with Crippen LogP contribution in [0.4, 0.5) is 68.2 Å². The zero-order valence-corrected chi connectivity index (χ0v) is 40.5. The molecule has 0 aliphatic carbocycles. The van der Waals surface area contributed by atoms with Gasteiger partial charge in [0.15, 0.2) is 0 Å². The average Bonchev–Trinajstić information content (AvgIpc) is 3.55. The van der Waals surface area contributed by atoms with Crippen molar-refractivity contribution in [2.75, 3.05) is 19.6 Å². The van der Waals surface area contributed by atoms with E-state index in [9.17, 15) is 0 Å². The van der Waals surface area contributed by atoms with E-state index in [0.29, 0.717) is 0 Å². The minimum absolute atomic E-state index is 0.0803. The molecule has 0 spiro atoms. The van der Waals surface area contributed by atoms with E-state index in [1.54, 1.807) is 0 Å². The van der Waals surface area contributed by atoms with Crippen molar-refractivity contribution in [2.24, 2.45) is 0 Å². The highest BCUT2D eigenvalue weighted by Crippen LogP contribution is 2.49. The number of benzene rings is 11. The van der Waals surface area contributed by atoms with Gasteiger partial charge in [-0.1, -0.05) is 140 Å². The number of ether oxygens (including phenoxy) is 2. The standard InChI is InChI=1S/C66H41B3N4O2/c1-5-20-42(21-6-1)70-51-30-15-13-28-46(51)67-49-40-50-58(41-57(49)72(44-24-9-3-10-25-44)53-32-17-31-52(70)62(53)67)73(45-26-11-4-12-27-45)55-34-18-33-54-63(55)69(50)64-56(71(54)43-22-7-2-8-23-43)39-38-48-66(64)75-61-37-19-36-60-65(61)68(48)47-29-14-16-35-59(47)74-60/h1-41H. The highest BCUT2D eigenvalue weighted by molar-refractivity contribution is 7.04. The third-order valence-electron chi connectivity index (χ3n) is 16.5. The molecule has 0 atom stereocenters. The van der Waals surface area contributed by atoms with Gasteiger partial charge in [0.1, 0.15) is 23.0 Å². The number of para-hydroxylation sites is 6. The molecule has 0 N–H and O–H groups in total. The quantitative estimate of drug-likeness (QED) is 0.163. The van der Waals surface area contributed by atoms with E-state index in [1.807, 2.05) is 0 Å². The largest absolute Gasteiger partial charge is 0.459 e. The molecule has 11 aromatic carbocycles. The monoisotopic (exact) mass is 954 g/mol. The van der Waals surface area contributed by atoms with Gasteiger partial charge >= 0.3 is 0 Å². The SMILES string of the molecule is c1ccc(N2c3ccccc3B3c4cc5c(cc4N(c4ccccc4)c4cccc2c43)N(c2ccccc2)c2cccc3c2B5c2c(ccc4c2Oc2cccc5c2B4c2ccccc2O5)N3c2ccccc2)cc1. The summed E-state index contributed by atoms with van der Waals surface area (Å²) in [5.74, 6) is 3.45. The Morgan fingerprint density at radius 1 is 0.227 bits per heavy atom. The van der Waals surface area contributed by atoms with Gasteiger partial charge in [-0.05, 0) is 153 Å². The Morgan fingerprint density at radius 2 is 0.627 bits per heavy atom. The molecule has 0 unspecified atom stereocenters. The fourth-order valence-electron chi connectivity index (χ4n) is 13.7. The Hall–Kier alpha value is -9.59. The zero-order chi connectivity index (χ0) is 48.9. The summed E-state index contributed by atoms with van der Waals surface area (Å²) >= 11 is 0. The lowest BCUT2D eigenvalue weighted by Gasteiger charge is -2.47. The van der Waals surface area contributed by atoms with Crippen LogP contribution in [0.1, 0.15) is 0 Å². The molecular formula is C66H41B3N4O2. The smallest absolute Gasteiger partial charge is 0.260 e. The molecule has 9 heteroatoms. The van der Waals surface area contributed by atoms with Crippen molar-refractivity contribution >= 4 is 138 Å². The number of anilines is 12. The lowest BCUT2D eigenvalue weighted by Crippen LogP contribution is -2.66. The molecule has 75 heavy (non-hydrogen) atoms. The maximum Gasteiger partial charge on any atom is 0.260 e. The minimum Gasteiger partial charge on any atom is -0.459 e. The summed E-state index contributed by atoms with van der Waals surface area (Å²) < 4.78 is 14.2. The second-order valence-corrected chi connectivity index (χ2v) is 20.3. The molecule has 0 bridgehead atoms. The van der Waals surface area contributed by atoms with Crippen LogP contribution in [0.2, 0.25) is 0 Å². The third kappa shape index (κ3) is 5.61. The fraction of sp³-hybridized carbons (Fsp3) is 0. The number of fused-ring (bicyclic) bond motifs is 13. The van der Waals surface area contributed by atoms with Crippen molar-refractivity contribution in [2.45, 2.75) is 0 Å². The Labute approximate surface area is 436 Å². The molecular weight excluding hydrogens is 913 g/mol. The third-order valence-corrected chi connectivity index (χ3v) is 16.5. The van der Waals surface area contributed by atoms with Crippen LogP contribution in [-0.2, 0) is 0 Å². The Bertz CT molecular complexity index is 4200. The van der Waals surface area contributed by atoms with Gasteiger partial charge in [-0.3, -0.25) is 0 Å². The van der Waals surface area contributed by atoms with E-state index in [-0.39, 0.29) is 20.1 Å². The Kier molecular flexibility index (Phi) is 8.44. The summed E-state index contributed by atoms with van der Waals surface area (Å²) in [4.78, 5) is 9.98. The lowest BCUT2D eigenvalue weighted by molar-refractivity contribution is 0.466. The van der Waals surface area contributed by atoms with Gasteiger partial charge in [-0.25, -0.2) is 0 Å². The van der Waals surface area contributed by atoms with Crippen molar-refractivity contribution in [3.8, 4) is 23.0 Å². The zero-order valence-electron chi connectivity index (χ0n) is 40.5. The van der Waals surface area contributed by atoms with Gasteiger partial charge in [-0.2, -0.15) is 0 Å². The molecule has 0 saturated heterocycles. The van der Waals surface area contributed by atoms with E-state index < -0.39 is 0 Å². The number of rotatable bonds is 4. The summed E-state index contributed by atoms with van der Waals surface area (Å²) in [5, 5.41) is 0. The molecule has 0 aromatic heterocycles. The highest BCUT2D eigenvalue weighted by atomic mass is 16.5. The van der Waals surface area contributed by atoms with Crippen LogP contribution >= 0.6 is 0 Å². The van der Waals surface area contributed by atoms with Crippen molar-refractivity contribution in [1.29, 1.82) is 0 Å². The Morgan fingerprint density at radius 3 is 1.21 bits per heavy atom. The lowest BCUT2D eigenvalue weighted by atomic mass is 9.29. The average molecular weight is 955 g/mol. The van der Waals surface area contributed by atoms with E-state index in [0.717, 1.165) is 96.0 Å². The molecule has 11 aromatic rings. The van der Waals surface area contributed by atoms with Crippen LogP contribution in [0, 0.1) is 0 Å². The van der Waals surface area contributed by atoms with Crippen molar-refractivity contribution in [3.05, 3.63) is 249 Å². The minimum atomic E-state index is -0.234. The summed E-state index contributed by atoms with van der Waals surface area (Å²) in [6, 6.07) is 91.0. The van der Waals surface area contributed by atoms with E-state index in [4.69, 9.17) is 9.47 Å². The van der Waals surface area contributed by atoms with Crippen LogP contribution in [0.25, 0.3) is 0 Å². The first-order valence-electron chi connectivity index (χ1n) is 25.9. The number of hydrogen-bond donors (Lipinski definition) is 0. The van der Waals surface area contributed by atoms with Gasteiger partial charge < -0.3 is 29.1 Å². The van der Waals surface area contributed by atoms with Gasteiger partial charge in [0.2, 0.25) is 0 Å². The van der Waals surface area contributed by atoms with Crippen LogP contribution in [-0.4, -0.2) is 20.1 Å². The normalized spacial score (nSPS) is 14.2. The molecule has 0 saturated carbocycles. The van der Waals surface area contributed by atoms with Crippen LogP contribution < -0.4 is 78.2 Å². The predicted octanol–water partition coefficient (Wildman–Crippen LogP) is 10.6. The van der Waals surface area contributed by atoms with Crippen molar-refractivity contribution in [3.63, 3.8) is 0 Å². The first-order valence-corrected chi connectivity index (χ1v) is 25.9. The molecule has 6 aliphatic rings. The van der Waals surface area contributed by atoms with Crippen LogP contribution in [0.15, 0.2) is 249 Å². The summed E-state index contributed by atoms with van der Waals surface area (Å²) in [5.41, 5.74) is 24.5.